The van der Waals surface area contributed by atoms with Crippen molar-refractivity contribution in [2.75, 3.05) is 11.9 Å². The summed E-state index contributed by atoms with van der Waals surface area (Å²) in [5, 5.41) is 3.32. The molecule has 6 heteroatoms. The summed E-state index contributed by atoms with van der Waals surface area (Å²) >= 11 is 5.20. The van der Waals surface area contributed by atoms with Gasteiger partial charge >= 0.3 is 0 Å². The van der Waals surface area contributed by atoms with E-state index in [9.17, 15) is 4.79 Å². The predicted octanol–water partition coefficient (Wildman–Crippen LogP) is 4.31. The molecule has 29 heavy (non-hydrogen) atoms. The lowest BCUT2D eigenvalue weighted by Gasteiger charge is -2.14. The molecule has 1 amide bonds. The number of hydrazine groups is 1. The van der Waals surface area contributed by atoms with Crippen LogP contribution in [-0.4, -0.2) is 17.6 Å². The van der Waals surface area contributed by atoms with Gasteiger partial charge in [0.15, 0.2) is 11.7 Å². The van der Waals surface area contributed by atoms with Gasteiger partial charge in [-0.2, -0.15) is 0 Å². The maximum atomic E-state index is 12.1. The van der Waals surface area contributed by atoms with E-state index in [-0.39, 0.29) is 12.5 Å². The van der Waals surface area contributed by atoms with Gasteiger partial charge in [-0.15, -0.1) is 0 Å². The number of carbonyl (C=O) groups is 1. The number of carbonyl (C=O) groups excluding carboxylic acids is 1. The van der Waals surface area contributed by atoms with Gasteiger partial charge in [-0.3, -0.25) is 15.6 Å². The van der Waals surface area contributed by atoms with Gasteiger partial charge in [-0.1, -0.05) is 67.6 Å². The quantitative estimate of drug-likeness (QED) is 0.421. The van der Waals surface area contributed by atoms with Crippen LogP contribution in [-0.2, 0) is 11.2 Å². The number of nitrogens with one attached hydrogen (secondary N) is 3. The second kappa shape index (κ2) is 10.2. The number of hydrogen-bond acceptors (Lipinski definition) is 3. The van der Waals surface area contributed by atoms with Gasteiger partial charge in [0.25, 0.3) is 5.91 Å². The number of hydrogen-bond donors (Lipinski definition) is 3. The number of rotatable bonds is 6. The maximum Gasteiger partial charge on any atom is 0.276 e. The third-order valence-electron chi connectivity index (χ3n) is 4.27. The van der Waals surface area contributed by atoms with E-state index in [0.29, 0.717) is 10.9 Å². The van der Waals surface area contributed by atoms with Crippen molar-refractivity contribution < 1.29 is 9.53 Å². The predicted molar refractivity (Wildman–Crippen MR) is 121 cm³/mol. The fourth-order valence-corrected chi connectivity index (χ4v) is 2.91. The van der Waals surface area contributed by atoms with Gasteiger partial charge in [0.1, 0.15) is 5.75 Å². The Balaban J connectivity index is 1.48. The molecule has 3 N–H and O–H groups in total. The minimum absolute atomic E-state index is 0.134. The first kappa shape index (κ1) is 20.4. The van der Waals surface area contributed by atoms with Crippen LogP contribution in [0.25, 0.3) is 11.1 Å². The first-order valence-corrected chi connectivity index (χ1v) is 9.78. The molecule has 0 unspecified atom stereocenters. The lowest BCUT2D eigenvalue weighted by molar-refractivity contribution is -0.123. The van der Waals surface area contributed by atoms with Crippen molar-refractivity contribution in [1.29, 1.82) is 0 Å². The van der Waals surface area contributed by atoms with E-state index in [1.165, 1.54) is 5.56 Å². The Morgan fingerprint density at radius 3 is 2.31 bits per heavy atom. The number of para-hydroxylation sites is 1. The second-order valence-electron chi connectivity index (χ2n) is 6.33. The molecule has 148 valence electrons. The van der Waals surface area contributed by atoms with Crippen LogP contribution < -0.4 is 20.9 Å². The Bertz CT molecular complexity index is 959. The Hall–Kier alpha value is -3.38. The zero-order valence-electron chi connectivity index (χ0n) is 16.1. The molecule has 0 saturated heterocycles. The third-order valence-corrected chi connectivity index (χ3v) is 4.47. The number of benzene rings is 3. The van der Waals surface area contributed by atoms with Crippen LogP contribution >= 0.6 is 12.2 Å². The monoisotopic (exact) mass is 405 g/mol. The van der Waals surface area contributed by atoms with Crippen LogP contribution in [0.5, 0.6) is 5.75 Å². The smallest absolute Gasteiger partial charge is 0.276 e. The van der Waals surface area contributed by atoms with Crippen LogP contribution in [0.15, 0.2) is 78.9 Å². The largest absolute Gasteiger partial charge is 0.483 e. The van der Waals surface area contributed by atoms with E-state index in [4.69, 9.17) is 17.0 Å². The number of anilines is 1. The molecule has 0 aromatic heterocycles. The Kier molecular flexibility index (Phi) is 7.19. The Labute approximate surface area is 176 Å². The highest BCUT2D eigenvalue weighted by Crippen LogP contribution is 2.29. The van der Waals surface area contributed by atoms with Crippen LogP contribution in [0.4, 0.5) is 5.69 Å². The highest BCUT2D eigenvalue weighted by Gasteiger charge is 2.08. The van der Waals surface area contributed by atoms with Crippen LogP contribution in [0.1, 0.15) is 12.5 Å². The van der Waals surface area contributed by atoms with Gasteiger partial charge in [-0.05, 0) is 48.0 Å². The molecule has 3 rings (SSSR count). The summed E-state index contributed by atoms with van der Waals surface area (Å²) in [7, 11) is 0. The molecule has 3 aromatic rings. The first-order valence-electron chi connectivity index (χ1n) is 9.37. The number of aryl methyl sites for hydroxylation is 1. The highest BCUT2D eigenvalue weighted by molar-refractivity contribution is 7.80. The van der Waals surface area contributed by atoms with E-state index in [0.717, 1.165) is 23.2 Å². The molecule has 0 heterocycles. The Morgan fingerprint density at radius 2 is 1.59 bits per heavy atom. The molecule has 0 bridgehead atoms. The number of thiocarbonyl (C=S) groups is 1. The van der Waals surface area contributed by atoms with E-state index >= 15 is 0 Å². The number of amides is 1. The van der Waals surface area contributed by atoms with Gasteiger partial charge < -0.3 is 10.1 Å². The molecule has 3 aromatic carbocycles. The third kappa shape index (κ3) is 6.05. The van der Waals surface area contributed by atoms with Gasteiger partial charge in [0, 0.05) is 11.3 Å². The minimum Gasteiger partial charge on any atom is -0.483 e. The normalized spacial score (nSPS) is 10.1. The molecule has 0 fully saturated rings. The summed E-state index contributed by atoms with van der Waals surface area (Å²) in [6.45, 7) is 1.97. The van der Waals surface area contributed by atoms with Gasteiger partial charge in [0.2, 0.25) is 0 Å². The number of ether oxygens (including phenoxy) is 1. The summed E-state index contributed by atoms with van der Waals surface area (Å²) in [5.74, 6) is 0.309. The summed E-state index contributed by atoms with van der Waals surface area (Å²) in [4.78, 5) is 12.1. The van der Waals surface area contributed by atoms with Gasteiger partial charge in [0.05, 0.1) is 0 Å². The molecule has 5 nitrogen and oxygen atoms in total. The average molecular weight is 406 g/mol. The van der Waals surface area contributed by atoms with Crippen molar-refractivity contribution in [3.63, 3.8) is 0 Å². The molecule has 0 spiro atoms. The lowest BCUT2D eigenvalue weighted by atomic mass is 10.1. The van der Waals surface area contributed by atoms with Gasteiger partial charge in [-0.25, -0.2) is 0 Å². The van der Waals surface area contributed by atoms with E-state index in [1.54, 1.807) is 0 Å². The molecule has 0 radical (unpaired) electrons. The van der Waals surface area contributed by atoms with Crippen molar-refractivity contribution in [1.82, 2.24) is 10.9 Å². The fraction of sp³-hybridized carbons (Fsp3) is 0.130. The molecular weight excluding hydrogens is 382 g/mol. The summed E-state index contributed by atoms with van der Waals surface area (Å²) in [6, 6.07) is 25.5. The molecule has 0 aliphatic carbocycles. The summed E-state index contributed by atoms with van der Waals surface area (Å²) < 4.78 is 5.71. The SMILES string of the molecule is CCc1ccc(NC(=S)NNC(=O)COc2ccccc2-c2ccccc2)cc1. The molecule has 0 saturated carbocycles. The van der Waals surface area contributed by atoms with Crippen LogP contribution in [0.3, 0.4) is 0 Å². The van der Waals surface area contributed by atoms with Crippen LogP contribution in [0.2, 0.25) is 0 Å². The van der Waals surface area contributed by atoms with E-state index in [2.05, 4.69) is 23.1 Å². The average Bonchev–Trinajstić information content (AvgIpc) is 2.77. The zero-order chi connectivity index (χ0) is 20.5. The highest BCUT2D eigenvalue weighted by atomic mass is 32.1. The zero-order valence-corrected chi connectivity index (χ0v) is 17.0. The molecule has 0 atom stereocenters. The summed E-state index contributed by atoms with van der Waals surface area (Å²) in [6.07, 6.45) is 0.979. The van der Waals surface area contributed by atoms with E-state index < -0.39 is 0 Å². The fourth-order valence-electron chi connectivity index (χ4n) is 2.74. The van der Waals surface area contributed by atoms with Crippen molar-refractivity contribution in [3.05, 3.63) is 84.4 Å². The lowest BCUT2D eigenvalue weighted by Crippen LogP contribution is -2.45. The molecular formula is C23H23N3O2S. The van der Waals surface area contributed by atoms with Crippen molar-refractivity contribution in [2.24, 2.45) is 0 Å². The Morgan fingerprint density at radius 1 is 0.897 bits per heavy atom. The van der Waals surface area contributed by atoms with Crippen molar-refractivity contribution >= 4 is 28.9 Å². The topological polar surface area (TPSA) is 62.4 Å². The van der Waals surface area contributed by atoms with Crippen LogP contribution in [0, 0.1) is 0 Å². The van der Waals surface area contributed by atoms with E-state index in [1.807, 2.05) is 78.9 Å². The van der Waals surface area contributed by atoms with Crippen molar-refractivity contribution in [3.8, 4) is 16.9 Å². The van der Waals surface area contributed by atoms with Crippen molar-refractivity contribution in [2.45, 2.75) is 13.3 Å². The molecule has 0 aliphatic rings. The maximum absolute atomic E-state index is 12.1. The first-order chi connectivity index (χ1) is 14.2. The second-order valence-corrected chi connectivity index (χ2v) is 6.74. The molecule has 0 aliphatic heterocycles. The standard InChI is InChI=1S/C23H23N3O2S/c1-2-17-12-14-19(15-13-17)24-23(29)26-25-22(27)16-28-21-11-7-6-10-20(21)18-8-4-3-5-9-18/h3-15H,2,16H2,1H3,(H,25,27)(H2,24,26,29). The minimum atomic E-state index is -0.335. The summed E-state index contributed by atoms with van der Waals surface area (Å²) in [5.41, 5.74) is 9.28.